The summed E-state index contributed by atoms with van der Waals surface area (Å²) in [5.41, 5.74) is 4.12. The lowest BCUT2D eigenvalue weighted by atomic mass is 9.74. The van der Waals surface area contributed by atoms with E-state index in [4.69, 9.17) is 0 Å². The van der Waals surface area contributed by atoms with E-state index in [2.05, 4.69) is 53.0 Å². The smallest absolute Gasteiger partial charge is 0.0772 e. The summed E-state index contributed by atoms with van der Waals surface area (Å²) in [5, 5.41) is 7.73. The predicted molar refractivity (Wildman–Crippen MR) is 78.6 cm³/mol. The van der Waals surface area contributed by atoms with Crippen molar-refractivity contribution in [1.29, 1.82) is 0 Å². The van der Waals surface area contributed by atoms with Crippen LogP contribution in [0.25, 0.3) is 0 Å². The van der Waals surface area contributed by atoms with E-state index < -0.39 is 0 Å². The fraction of sp³-hybridized carbons (Fsp3) is 0.467. The van der Waals surface area contributed by atoms with E-state index in [0.717, 1.165) is 18.7 Å². The minimum absolute atomic E-state index is 0.392. The number of nitrogens with zero attached hydrogens (tertiary/aromatic N) is 2. The molecule has 0 aliphatic heterocycles. The molecule has 4 heteroatoms. The van der Waals surface area contributed by atoms with Crippen molar-refractivity contribution in [3.05, 3.63) is 46.0 Å². The van der Waals surface area contributed by atoms with Gasteiger partial charge in [-0.25, -0.2) is 0 Å². The van der Waals surface area contributed by atoms with Crippen molar-refractivity contribution in [2.75, 3.05) is 6.54 Å². The molecule has 19 heavy (non-hydrogen) atoms. The van der Waals surface area contributed by atoms with Gasteiger partial charge in [0.05, 0.1) is 10.6 Å². The highest BCUT2D eigenvalue weighted by Crippen LogP contribution is 2.41. The molecule has 1 aromatic heterocycles. The van der Waals surface area contributed by atoms with Crippen LogP contribution in [0, 0.1) is 6.92 Å². The Labute approximate surface area is 118 Å². The normalized spacial score (nSPS) is 18.7. The van der Waals surface area contributed by atoms with Gasteiger partial charge < -0.3 is 5.32 Å². The minimum Gasteiger partial charge on any atom is -0.309 e. The monoisotopic (exact) mass is 273 g/mol. The zero-order valence-corrected chi connectivity index (χ0v) is 12.2. The average Bonchev–Trinajstić information content (AvgIpc) is 2.81. The van der Waals surface area contributed by atoms with Crippen LogP contribution in [-0.2, 0) is 6.42 Å². The highest BCUT2D eigenvalue weighted by atomic mass is 32.1. The summed E-state index contributed by atoms with van der Waals surface area (Å²) in [4.78, 5) is 1.30. The van der Waals surface area contributed by atoms with Gasteiger partial charge in [-0.2, -0.15) is 0 Å². The number of rotatable bonds is 5. The van der Waals surface area contributed by atoms with Gasteiger partial charge in [0.1, 0.15) is 0 Å². The lowest BCUT2D eigenvalue weighted by molar-refractivity contribution is 0.439. The number of aromatic nitrogens is 2. The van der Waals surface area contributed by atoms with E-state index in [1.165, 1.54) is 34.0 Å². The van der Waals surface area contributed by atoms with Gasteiger partial charge in [-0.3, -0.25) is 0 Å². The van der Waals surface area contributed by atoms with E-state index >= 15 is 0 Å². The van der Waals surface area contributed by atoms with Gasteiger partial charge in [-0.05, 0) is 54.9 Å². The summed E-state index contributed by atoms with van der Waals surface area (Å²) in [5.74, 6) is 0.682. The zero-order valence-electron chi connectivity index (χ0n) is 11.4. The van der Waals surface area contributed by atoms with E-state index in [-0.39, 0.29) is 0 Å². The van der Waals surface area contributed by atoms with E-state index in [9.17, 15) is 0 Å². The summed E-state index contributed by atoms with van der Waals surface area (Å²) in [6.45, 7) is 5.19. The highest BCUT2D eigenvalue weighted by Gasteiger charge is 2.29. The fourth-order valence-electron chi connectivity index (χ4n) is 2.94. The molecule has 2 aromatic rings. The Bertz CT molecular complexity index is 564. The van der Waals surface area contributed by atoms with Crippen molar-refractivity contribution in [3.8, 4) is 0 Å². The van der Waals surface area contributed by atoms with Crippen molar-refractivity contribution < 1.29 is 0 Å². The number of fused-ring (bicyclic) bond motifs is 1. The molecule has 0 radical (unpaired) electrons. The second-order valence-corrected chi connectivity index (χ2v) is 5.95. The summed E-state index contributed by atoms with van der Waals surface area (Å²) < 4.78 is 4.07. The van der Waals surface area contributed by atoms with Crippen molar-refractivity contribution in [1.82, 2.24) is 14.9 Å². The Hall–Kier alpha value is -1.26. The number of aryl methyl sites for hydroxylation is 1. The minimum atomic E-state index is 0.392. The van der Waals surface area contributed by atoms with Crippen LogP contribution >= 0.6 is 11.5 Å². The third-order valence-electron chi connectivity index (χ3n) is 3.94. The Morgan fingerprint density at radius 1 is 1.42 bits per heavy atom. The van der Waals surface area contributed by atoms with Crippen molar-refractivity contribution in [2.45, 2.75) is 38.6 Å². The first-order chi connectivity index (χ1) is 9.29. The molecule has 0 saturated heterocycles. The molecule has 1 heterocycles. The standard InChI is InChI=1S/C15H19N3S/c1-3-16-14(15-10(2)17-18-19-15)9-12-8-11-6-4-5-7-13(11)12/h4-7,12,14,16H,3,8-9H2,1-2H3. The molecule has 0 spiro atoms. The quantitative estimate of drug-likeness (QED) is 0.909. The summed E-state index contributed by atoms with van der Waals surface area (Å²) in [7, 11) is 0. The Morgan fingerprint density at radius 3 is 2.95 bits per heavy atom. The molecular weight excluding hydrogens is 254 g/mol. The Morgan fingerprint density at radius 2 is 2.26 bits per heavy atom. The average molecular weight is 273 g/mol. The maximum atomic E-state index is 4.14. The van der Waals surface area contributed by atoms with Gasteiger partial charge in [0, 0.05) is 6.04 Å². The van der Waals surface area contributed by atoms with Gasteiger partial charge in [-0.1, -0.05) is 35.7 Å². The van der Waals surface area contributed by atoms with Crippen molar-refractivity contribution >= 4 is 11.5 Å². The van der Waals surface area contributed by atoms with E-state index in [1.54, 1.807) is 0 Å². The molecule has 0 fully saturated rings. The molecule has 3 nitrogen and oxygen atoms in total. The number of benzene rings is 1. The van der Waals surface area contributed by atoms with Crippen LogP contribution in [0.1, 0.15) is 47.0 Å². The largest absolute Gasteiger partial charge is 0.309 e. The lowest BCUT2D eigenvalue weighted by Crippen LogP contribution is -2.27. The molecule has 0 amide bonds. The second-order valence-electron chi connectivity index (χ2n) is 5.17. The molecule has 3 rings (SSSR count). The van der Waals surface area contributed by atoms with Crippen LogP contribution in [0.4, 0.5) is 0 Å². The van der Waals surface area contributed by atoms with Gasteiger partial charge in [-0.15, -0.1) is 5.10 Å². The van der Waals surface area contributed by atoms with Crippen LogP contribution in [0.5, 0.6) is 0 Å². The first-order valence-corrected chi connectivity index (χ1v) is 7.67. The molecule has 1 aliphatic rings. The first kappa shape index (κ1) is 12.8. The molecule has 100 valence electrons. The van der Waals surface area contributed by atoms with Crippen LogP contribution in [0.3, 0.4) is 0 Å². The Kier molecular flexibility index (Phi) is 3.62. The van der Waals surface area contributed by atoms with Crippen LogP contribution in [0.15, 0.2) is 24.3 Å². The van der Waals surface area contributed by atoms with Gasteiger partial charge >= 0.3 is 0 Å². The molecule has 1 N–H and O–H groups in total. The third-order valence-corrected chi connectivity index (χ3v) is 4.87. The second kappa shape index (κ2) is 5.39. The van der Waals surface area contributed by atoms with Gasteiger partial charge in [0.15, 0.2) is 0 Å². The zero-order chi connectivity index (χ0) is 13.2. The van der Waals surface area contributed by atoms with Crippen molar-refractivity contribution in [2.24, 2.45) is 0 Å². The molecule has 0 saturated carbocycles. The maximum Gasteiger partial charge on any atom is 0.0772 e. The molecule has 1 aliphatic carbocycles. The summed E-state index contributed by atoms with van der Waals surface area (Å²) >= 11 is 1.53. The topological polar surface area (TPSA) is 37.8 Å². The van der Waals surface area contributed by atoms with Crippen LogP contribution in [0.2, 0.25) is 0 Å². The number of nitrogens with one attached hydrogen (secondary N) is 1. The van der Waals surface area contributed by atoms with Crippen LogP contribution in [-0.4, -0.2) is 16.1 Å². The first-order valence-electron chi connectivity index (χ1n) is 6.89. The SMILES string of the molecule is CCNC(CC1Cc2ccccc21)c1snnc1C. The van der Waals surface area contributed by atoms with Gasteiger partial charge in [0.2, 0.25) is 0 Å². The maximum absolute atomic E-state index is 4.14. The molecule has 2 atom stereocenters. The molecule has 1 aromatic carbocycles. The van der Waals surface area contributed by atoms with Crippen molar-refractivity contribution in [3.63, 3.8) is 0 Å². The summed E-state index contributed by atoms with van der Waals surface area (Å²) in [6, 6.07) is 9.18. The fourth-order valence-corrected chi connectivity index (χ4v) is 3.67. The van der Waals surface area contributed by atoms with Gasteiger partial charge in [0.25, 0.3) is 0 Å². The molecule has 2 unspecified atom stereocenters. The molecular formula is C15H19N3S. The lowest BCUT2D eigenvalue weighted by Gasteiger charge is -2.33. The highest BCUT2D eigenvalue weighted by molar-refractivity contribution is 7.05. The number of hydrogen-bond donors (Lipinski definition) is 1. The summed E-state index contributed by atoms with van der Waals surface area (Å²) in [6.07, 6.45) is 2.36. The predicted octanol–water partition coefficient (Wildman–Crippen LogP) is 3.23. The van der Waals surface area contributed by atoms with E-state index in [1.807, 2.05) is 0 Å². The van der Waals surface area contributed by atoms with E-state index in [0.29, 0.717) is 12.0 Å². The number of hydrogen-bond acceptors (Lipinski definition) is 4. The Balaban J connectivity index is 1.76. The third kappa shape index (κ3) is 2.42. The molecule has 0 bridgehead atoms. The van der Waals surface area contributed by atoms with Crippen LogP contribution < -0.4 is 5.32 Å².